The van der Waals surface area contributed by atoms with E-state index in [1.54, 1.807) is 20.0 Å². The average Bonchev–Trinajstić information content (AvgIpc) is 3.99. The van der Waals surface area contributed by atoms with Crippen LogP contribution in [-0.2, 0) is 21.4 Å². The molecular weight excluding hydrogens is 672 g/mol. The van der Waals surface area contributed by atoms with Crippen LogP contribution in [0.5, 0.6) is 5.75 Å². The summed E-state index contributed by atoms with van der Waals surface area (Å²) < 4.78 is 20.3. The summed E-state index contributed by atoms with van der Waals surface area (Å²) in [5.74, 6) is 1.19. The third kappa shape index (κ3) is 4.98. The summed E-state index contributed by atoms with van der Waals surface area (Å²) in [5, 5.41) is 24.2. The number of rotatable bonds is 7. The summed E-state index contributed by atoms with van der Waals surface area (Å²) in [6.07, 6.45) is 1.75. The van der Waals surface area contributed by atoms with Crippen molar-refractivity contribution in [1.29, 1.82) is 0 Å². The third-order valence-corrected chi connectivity index (χ3v) is 11.5. The van der Waals surface area contributed by atoms with Gasteiger partial charge >= 0.3 is 0 Å². The lowest BCUT2D eigenvalue weighted by molar-refractivity contribution is -0.143. The lowest BCUT2D eigenvalue weighted by Crippen LogP contribution is -2.55. The molecule has 5 N–H and O–H groups in total. The first kappa shape index (κ1) is 33.2. The summed E-state index contributed by atoms with van der Waals surface area (Å²) in [4.78, 5) is 37.7. The summed E-state index contributed by atoms with van der Waals surface area (Å²) in [7, 11) is 0. The van der Waals surface area contributed by atoms with Crippen LogP contribution in [0, 0.1) is 5.92 Å². The van der Waals surface area contributed by atoms with E-state index in [1.807, 2.05) is 62.4 Å². The van der Waals surface area contributed by atoms with Gasteiger partial charge in [-0.25, -0.2) is 9.97 Å². The summed E-state index contributed by atoms with van der Waals surface area (Å²) in [6.45, 7) is 8.12. The Kier molecular flexibility index (Phi) is 7.67. The van der Waals surface area contributed by atoms with Crippen LogP contribution in [0.15, 0.2) is 81.8 Å². The van der Waals surface area contributed by atoms with Crippen molar-refractivity contribution < 1.29 is 28.3 Å². The van der Waals surface area contributed by atoms with Crippen molar-refractivity contribution in [2.24, 2.45) is 5.92 Å². The number of benzene rings is 3. The van der Waals surface area contributed by atoms with Gasteiger partial charge in [0.2, 0.25) is 17.7 Å². The molecule has 0 fully saturated rings. The van der Waals surface area contributed by atoms with E-state index < -0.39 is 41.1 Å². The van der Waals surface area contributed by atoms with E-state index >= 15 is 0 Å². The molecule has 6 heterocycles. The number of anilines is 2. The highest BCUT2D eigenvalue weighted by Gasteiger charge is 2.61. The van der Waals surface area contributed by atoms with Crippen LogP contribution in [0.4, 0.5) is 11.4 Å². The minimum atomic E-state index is -1.61. The smallest absolute Gasteiger partial charge is 0.252 e. The van der Waals surface area contributed by atoms with Crippen molar-refractivity contribution in [3.63, 3.8) is 0 Å². The Morgan fingerprint density at radius 3 is 2.58 bits per heavy atom. The van der Waals surface area contributed by atoms with Crippen molar-refractivity contribution in [2.75, 3.05) is 17.2 Å². The van der Waals surface area contributed by atoms with Gasteiger partial charge < -0.3 is 39.9 Å². The molecule has 4 aliphatic rings. The zero-order valence-electron chi connectivity index (χ0n) is 30.0. The van der Waals surface area contributed by atoms with Gasteiger partial charge in [-0.3, -0.25) is 9.59 Å². The molecule has 2 amide bonds. The molecular formula is C41H42N6O6. The minimum Gasteiger partial charge on any atom is -0.469 e. The number of hydrogen-bond donors (Lipinski definition) is 5. The first-order valence-electron chi connectivity index (χ1n) is 18.4. The molecule has 2 aromatic heterocycles. The molecule has 5 aromatic rings. The van der Waals surface area contributed by atoms with Crippen LogP contribution in [0.3, 0.4) is 0 Å². The molecule has 53 heavy (non-hydrogen) atoms. The molecule has 0 aliphatic carbocycles. The van der Waals surface area contributed by atoms with Gasteiger partial charge in [0.1, 0.15) is 34.6 Å². The lowest BCUT2D eigenvalue weighted by Gasteiger charge is -2.30. The number of nitrogens with one attached hydrogen (secondary N) is 4. The van der Waals surface area contributed by atoms with Crippen LogP contribution < -0.4 is 26.0 Å². The fourth-order valence-electron chi connectivity index (χ4n) is 8.41. The molecule has 0 saturated heterocycles. The fraction of sp³-hybridized carbons (Fsp3) is 0.366. The molecule has 5 atom stereocenters. The lowest BCUT2D eigenvalue weighted by atomic mass is 9.72. The highest BCUT2D eigenvalue weighted by Crippen LogP contribution is 2.59. The molecule has 0 radical (unpaired) electrons. The Morgan fingerprint density at radius 1 is 1.02 bits per heavy atom. The number of carbonyl (C=O) groups excluding carboxylic acids is 2. The number of ether oxygens (including phenoxy) is 1. The highest BCUT2D eigenvalue weighted by atomic mass is 16.5. The predicted molar refractivity (Wildman–Crippen MR) is 196 cm³/mol. The average molecular weight is 715 g/mol. The van der Waals surface area contributed by atoms with Crippen LogP contribution in [-0.4, -0.2) is 51.3 Å². The Bertz CT molecular complexity index is 2260. The number of amides is 2. The Labute approximate surface area is 306 Å². The molecule has 0 saturated carbocycles. The largest absolute Gasteiger partial charge is 0.469 e. The van der Waals surface area contributed by atoms with Crippen LogP contribution in [0.25, 0.3) is 11.6 Å². The van der Waals surface area contributed by atoms with Crippen molar-refractivity contribution in [2.45, 2.75) is 82.2 Å². The minimum absolute atomic E-state index is 0.0396. The van der Waals surface area contributed by atoms with E-state index in [-0.39, 0.29) is 37.0 Å². The molecule has 4 bridgehead atoms. The monoisotopic (exact) mass is 714 g/mol. The highest BCUT2D eigenvalue weighted by molar-refractivity contribution is 5.91. The van der Waals surface area contributed by atoms with Crippen LogP contribution >= 0.6 is 0 Å². The Hall–Kier alpha value is -5.62. The van der Waals surface area contributed by atoms with Gasteiger partial charge in [0.15, 0.2) is 17.7 Å². The second-order valence-corrected chi connectivity index (χ2v) is 14.8. The number of hydrogen-bond acceptors (Lipinski definition) is 10. The van der Waals surface area contributed by atoms with Gasteiger partial charge in [-0.05, 0) is 53.6 Å². The zero-order chi connectivity index (χ0) is 36.6. The maximum absolute atomic E-state index is 14.2. The number of para-hydroxylation sites is 2. The van der Waals surface area contributed by atoms with E-state index in [4.69, 9.17) is 23.5 Å². The first-order chi connectivity index (χ1) is 25.6. The molecule has 12 heteroatoms. The van der Waals surface area contributed by atoms with E-state index in [1.165, 1.54) is 0 Å². The Balaban J connectivity index is 1.24. The van der Waals surface area contributed by atoms with Crippen LogP contribution in [0.1, 0.15) is 92.2 Å². The van der Waals surface area contributed by atoms with E-state index in [2.05, 4.69) is 39.5 Å². The van der Waals surface area contributed by atoms with Crippen molar-refractivity contribution in [1.82, 2.24) is 20.6 Å². The van der Waals surface area contributed by atoms with Gasteiger partial charge in [-0.15, -0.1) is 0 Å². The van der Waals surface area contributed by atoms with Gasteiger partial charge in [-0.2, -0.15) is 0 Å². The Morgan fingerprint density at radius 2 is 1.79 bits per heavy atom. The van der Waals surface area contributed by atoms with E-state index in [9.17, 15) is 14.7 Å². The normalized spacial score (nSPS) is 23.8. The molecule has 1 spiro atoms. The second-order valence-electron chi connectivity index (χ2n) is 14.8. The molecule has 12 nitrogen and oxygen atoms in total. The second kappa shape index (κ2) is 12.2. The maximum Gasteiger partial charge on any atom is 0.252 e. The number of aromatic nitrogens is 2. The summed E-state index contributed by atoms with van der Waals surface area (Å²) in [6, 6.07) is 20.4. The SMILES string of the molecule is CCC(O)(CC)C(=O)N[C@H]1Cc2ccc3c(c2)C2(c4ccccc4NC2O3)c2oc(nc2-c2ncc(C3CNc4ccccc43)o2)[C@H](C(C)C)NC1=O. The zero-order valence-corrected chi connectivity index (χ0v) is 30.0. The van der Waals surface area contributed by atoms with Crippen LogP contribution in [0.2, 0.25) is 0 Å². The summed E-state index contributed by atoms with van der Waals surface area (Å²) >= 11 is 0. The molecule has 4 aliphatic heterocycles. The van der Waals surface area contributed by atoms with Crippen molar-refractivity contribution in [3.8, 4) is 17.3 Å². The number of oxazole rings is 2. The fourth-order valence-corrected chi connectivity index (χ4v) is 8.41. The number of carbonyl (C=O) groups is 2. The molecule has 3 aromatic carbocycles. The van der Waals surface area contributed by atoms with E-state index in [0.29, 0.717) is 35.4 Å². The van der Waals surface area contributed by atoms with Crippen molar-refractivity contribution in [3.05, 3.63) is 113 Å². The van der Waals surface area contributed by atoms with Gasteiger partial charge in [-0.1, -0.05) is 76.2 Å². The predicted octanol–water partition coefficient (Wildman–Crippen LogP) is 5.77. The quantitative estimate of drug-likeness (QED) is 0.140. The maximum atomic E-state index is 14.2. The third-order valence-electron chi connectivity index (χ3n) is 11.5. The number of nitrogens with zero attached hydrogens (tertiary/aromatic N) is 2. The van der Waals surface area contributed by atoms with Crippen molar-refractivity contribution >= 4 is 23.2 Å². The molecule has 3 unspecified atom stereocenters. The summed E-state index contributed by atoms with van der Waals surface area (Å²) in [5.41, 5.74) is 3.43. The van der Waals surface area contributed by atoms with E-state index in [0.717, 1.165) is 33.6 Å². The molecule has 9 rings (SSSR count). The number of fused-ring (bicyclic) bond motifs is 5. The topological polar surface area (TPSA) is 164 Å². The first-order valence-corrected chi connectivity index (χ1v) is 18.4. The van der Waals surface area contributed by atoms with Gasteiger partial charge in [0.05, 0.1) is 12.1 Å². The number of aliphatic hydroxyl groups is 1. The van der Waals surface area contributed by atoms with Gasteiger partial charge in [0.25, 0.3) is 5.91 Å². The standard InChI is InChI=1S/C41H42N6O6/c1-5-40(50,6-2)38(49)44-29-18-22-15-16-30-26(17-22)41(25-12-8-10-14-28(25)45-39(41)52-30)34-33(47-37(53-34)32(21(3)4)46-35(29)48)36-43-20-31(51-36)24-19-42-27-13-9-7-11-23(24)27/h7-17,20-21,24,29,32,39,42,45,50H,5-6,18-19H2,1-4H3,(H,44,49)(H,46,48)/t24?,29-,32-,39?,41?/m0/s1. The molecule has 272 valence electrons. The van der Waals surface area contributed by atoms with Gasteiger partial charge in [0, 0.05) is 29.9 Å².